The van der Waals surface area contributed by atoms with Crippen molar-refractivity contribution in [3.63, 3.8) is 0 Å². The van der Waals surface area contributed by atoms with Crippen molar-refractivity contribution < 1.29 is 14.0 Å². The van der Waals surface area contributed by atoms with Gasteiger partial charge in [-0.15, -0.1) is 0 Å². The fourth-order valence-corrected chi connectivity index (χ4v) is 4.30. The van der Waals surface area contributed by atoms with Crippen molar-refractivity contribution in [3.8, 4) is 0 Å². The maximum absolute atomic E-state index is 14.4. The molecule has 1 aliphatic rings. The molecule has 0 aliphatic heterocycles. The van der Waals surface area contributed by atoms with E-state index in [1.54, 1.807) is 48.4 Å². The van der Waals surface area contributed by atoms with E-state index < -0.39 is 5.82 Å². The standard InChI is InChI=1S/C25H24ClFN6O2/c1-15(34)33(20-2-3-20)13-16-9-31-32(12-16)14-19-6-17(4-5-28-19)25(35)30-10-18-7-21-22(26)11-29-24(21)8-23(18)27/h4-9,11-12,20,29H,2-3,10,13-14H2,1H3,(H,30,35). The number of pyridine rings is 1. The van der Waals surface area contributed by atoms with Gasteiger partial charge < -0.3 is 15.2 Å². The predicted octanol–water partition coefficient (Wildman–Crippen LogP) is 4.04. The van der Waals surface area contributed by atoms with Crippen molar-refractivity contribution in [2.24, 2.45) is 0 Å². The maximum atomic E-state index is 14.4. The summed E-state index contributed by atoms with van der Waals surface area (Å²) in [6.07, 6.45) is 8.89. The van der Waals surface area contributed by atoms with Crippen molar-refractivity contribution in [1.29, 1.82) is 0 Å². The second-order valence-electron chi connectivity index (χ2n) is 8.77. The fourth-order valence-electron chi connectivity index (χ4n) is 4.09. The molecule has 0 bridgehead atoms. The van der Waals surface area contributed by atoms with Crippen LogP contribution in [0.3, 0.4) is 0 Å². The molecule has 2 amide bonds. The van der Waals surface area contributed by atoms with Gasteiger partial charge in [-0.1, -0.05) is 11.6 Å². The summed E-state index contributed by atoms with van der Waals surface area (Å²) in [5, 5.41) is 8.33. The maximum Gasteiger partial charge on any atom is 0.251 e. The fraction of sp³-hybridized carbons (Fsp3) is 0.280. The van der Waals surface area contributed by atoms with Gasteiger partial charge in [0.15, 0.2) is 0 Å². The molecule has 1 fully saturated rings. The number of amides is 2. The smallest absolute Gasteiger partial charge is 0.251 e. The molecule has 8 nitrogen and oxygen atoms in total. The van der Waals surface area contributed by atoms with E-state index in [0.29, 0.717) is 51.9 Å². The van der Waals surface area contributed by atoms with Crippen LogP contribution < -0.4 is 5.32 Å². The molecule has 2 N–H and O–H groups in total. The van der Waals surface area contributed by atoms with E-state index in [4.69, 9.17) is 11.6 Å². The first kappa shape index (κ1) is 23.0. The van der Waals surface area contributed by atoms with E-state index in [1.165, 1.54) is 6.07 Å². The highest BCUT2D eigenvalue weighted by atomic mass is 35.5. The van der Waals surface area contributed by atoms with Crippen molar-refractivity contribution >= 4 is 34.3 Å². The molecule has 1 saturated carbocycles. The molecular formula is C25H24ClFN6O2. The number of halogens is 2. The quantitative estimate of drug-likeness (QED) is 0.386. The average molecular weight is 495 g/mol. The molecule has 35 heavy (non-hydrogen) atoms. The number of rotatable bonds is 8. The van der Waals surface area contributed by atoms with E-state index in [9.17, 15) is 14.0 Å². The summed E-state index contributed by atoms with van der Waals surface area (Å²) in [5.74, 6) is -0.695. The number of hydrogen-bond acceptors (Lipinski definition) is 4. The van der Waals surface area contributed by atoms with Crippen LogP contribution in [0, 0.1) is 5.82 Å². The van der Waals surface area contributed by atoms with Crippen LogP contribution in [0.5, 0.6) is 0 Å². The summed E-state index contributed by atoms with van der Waals surface area (Å²) in [5.41, 5.74) is 2.97. The number of fused-ring (bicyclic) bond motifs is 1. The summed E-state index contributed by atoms with van der Waals surface area (Å²) in [4.78, 5) is 33.7. The number of carbonyl (C=O) groups excluding carboxylic acids is 2. The lowest BCUT2D eigenvalue weighted by molar-refractivity contribution is -0.130. The number of aromatic amines is 1. The third-order valence-corrected chi connectivity index (χ3v) is 6.38. The van der Waals surface area contributed by atoms with Crippen LogP contribution >= 0.6 is 11.6 Å². The Bertz CT molecular complexity index is 1410. The zero-order valence-corrected chi connectivity index (χ0v) is 19.8. The molecule has 3 aromatic heterocycles. The third-order valence-electron chi connectivity index (χ3n) is 6.07. The zero-order chi connectivity index (χ0) is 24.5. The number of nitrogens with one attached hydrogen (secondary N) is 2. The summed E-state index contributed by atoms with van der Waals surface area (Å²) >= 11 is 6.12. The highest BCUT2D eigenvalue weighted by Crippen LogP contribution is 2.28. The van der Waals surface area contributed by atoms with Gasteiger partial charge in [0.1, 0.15) is 5.82 Å². The van der Waals surface area contributed by atoms with Gasteiger partial charge in [-0.05, 0) is 37.1 Å². The summed E-state index contributed by atoms with van der Waals surface area (Å²) in [6, 6.07) is 6.63. The summed E-state index contributed by atoms with van der Waals surface area (Å²) in [7, 11) is 0. The number of nitrogens with zero attached hydrogens (tertiary/aromatic N) is 4. The monoisotopic (exact) mass is 494 g/mol. The highest BCUT2D eigenvalue weighted by Gasteiger charge is 2.30. The average Bonchev–Trinajstić information content (AvgIpc) is 3.49. The normalized spacial score (nSPS) is 13.2. The van der Waals surface area contributed by atoms with Gasteiger partial charge >= 0.3 is 0 Å². The van der Waals surface area contributed by atoms with Crippen molar-refractivity contribution in [2.75, 3.05) is 0 Å². The van der Waals surface area contributed by atoms with Gasteiger partial charge in [0, 0.05) is 72.2 Å². The van der Waals surface area contributed by atoms with Crippen molar-refractivity contribution in [2.45, 2.75) is 45.4 Å². The minimum absolute atomic E-state index is 0.0237. The Morgan fingerprint density at radius 3 is 2.91 bits per heavy atom. The Labute approximate surface area is 206 Å². The van der Waals surface area contributed by atoms with Crippen LogP contribution in [-0.2, 0) is 24.4 Å². The Kier molecular flexibility index (Phi) is 6.25. The molecule has 1 aromatic carbocycles. The molecule has 4 aromatic rings. The van der Waals surface area contributed by atoms with Crippen LogP contribution in [0.2, 0.25) is 5.02 Å². The van der Waals surface area contributed by atoms with Gasteiger partial charge in [0.2, 0.25) is 5.91 Å². The lowest BCUT2D eigenvalue weighted by atomic mass is 10.1. The van der Waals surface area contributed by atoms with Gasteiger partial charge in [0.05, 0.1) is 23.5 Å². The molecule has 0 spiro atoms. The molecular weight excluding hydrogens is 471 g/mol. The largest absolute Gasteiger partial charge is 0.360 e. The van der Waals surface area contributed by atoms with E-state index in [0.717, 1.165) is 18.4 Å². The Balaban J connectivity index is 1.22. The molecule has 5 rings (SSSR count). The topological polar surface area (TPSA) is 95.9 Å². The lowest BCUT2D eigenvalue weighted by Crippen LogP contribution is -2.30. The van der Waals surface area contributed by atoms with Crippen molar-refractivity contribution in [3.05, 3.63) is 82.3 Å². The molecule has 0 saturated heterocycles. The Morgan fingerprint density at radius 1 is 1.31 bits per heavy atom. The first-order valence-electron chi connectivity index (χ1n) is 11.3. The number of aromatic nitrogens is 4. The lowest BCUT2D eigenvalue weighted by Gasteiger charge is -2.19. The minimum Gasteiger partial charge on any atom is -0.360 e. The van der Waals surface area contributed by atoms with Gasteiger partial charge in [-0.2, -0.15) is 5.10 Å². The zero-order valence-electron chi connectivity index (χ0n) is 19.1. The van der Waals surface area contributed by atoms with Crippen LogP contribution in [0.15, 0.2) is 49.1 Å². The van der Waals surface area contributed by atoms with E-state index >= 15 is 0 Å². The molecule has 0 radical (unpaired) electrons. The van der Waals surface area contributed by atoms with Crippen LogP contribution in [0.1, 0.15) is 46.9 Å². The number of H-pyrrole nitrogens is 1. The Morgan fingerprint density at radius 2 is 2.14 bits per heavy atom. The van der Waals surface area contributed by atoms with E-state index in [2.05, 4.69) is 20.4 Å². The molecule has 0 atom stereocenters. The van der Waals surface area contributed by atoms with E-state index in [1.807, 2.05) is 11.1 Å². The highest BCUT2D eigenvalue weighted by molar-refractivity contribution is 6.35. The van der Waals surface area contributed by atoms with E-state index in [-0.39, 0.29) is 18.4 Å². The Hall–Kier alpha value is -3.72. The van der Waals surface area contributed by atoms with Gasteiger partial charge in [-0.3, -0.25) is 19.3 Å². The number of benzene rings is 1. The van der Waals surface area contributed by atoms with Gasteiger partial charge in [-0.25, -0.2) is 4.39 Å². The SMILES string of the molecule is CC(=O)N(Cc1cnn(Cc2cc(C(=O)NCc3cc4c(Cl)c[nH]c4cc3F)ccn2)c1)C1CC1. The molecule has 0 unspecified atom stereocenters. The van der Waals surface area contributed by atoms with Gasteiger partial charge in [0.25, 0.3) is 5.91 Å². The molecule has 180 valence electrons. The van der Waals surface area contributed by atoms with Crippen LogP contribution in [0.25, 0.3) is 10.9 Å². The molecule has 3 heterocycles. The second-order valence-corrected chi connectivity index (χ2v) is 9.18. The summed E-state index contributed by atoms with van der Waals surface area (Å²) in [6.45, 7) is 2.52. The number of carbonyl (C=O) groups is 2. The van der Waals surface area contributed by atoms with Crippen LogP contribution in [0.4, 0.5) is 4.39 Å². The molecule has 10 heteroatoms. The molecule has 1 aliphatic carbocycles. The first-order chi connectivity index (χ1) is 16.9. The third kappa shape index (κ3) is 5.19. The second kappa shape index (κ2) is 9.50. The van der Waals surface area contributed by atoms with Crippen molar-refractivity contribution in [1.82, 2.24) is 30.0 Å². The number of hydrogen-bond donors (Lipinski definition) is 2. The minimum atomic E-state index is -0.425. The summed E-state index contributed by atoms with van der Waals surface area (Å²) < 4.78 is 16.1. The van der Waals surface area contributed by atoms with Crippen LogP contribution in [-0.4, -0.2) is 42.5 Å². The first-order valence-corrected chi connectivity index (χ1v) is 11.7. The predicted molar refractivity (Wildman–Crippen MR) is 129 cm³/mol.